The highest BCUT2D eigenvalue weighted by Gasteiger charge is 2.24. The summed E-state index contributed by atoms with van der Waals surface area (Å²) in [4.78, 5) is 36.4. The van der Waals surface area contributed by atoms with E-state index in [0.717, 1.165) is 32.7 Å². The third-order valence-electron chi connectivity index (χ3n) is 6.35. The Kier molecular flexibility index (Phi) is 6.19. The van der Waals surface area contributed by atoms with Gasteiger partial charge in [0.25, 0.3) is 0 Å². The van der Waals surface area contributed by atoms with E-state index >= 15 is 0 Å². The number of hydrogen-bond donors (Lipinski definition) is 2. The van der Waals surface area contributed by atoms with Gasteiger partial charge in [-0.05, 0) is 46.5 Å². The summed E-state index contributed by atoms with van der Waals surface area (Å²) in [5, 5.41) is 10.1. The van der Waals surface area contributed by atoms with Crippen LogP contribution in [-0.2, 0) is 19.1 Å². The second-order valence-corrected chi connectivity index (χ2v) is 8.84. The number of carbonyl (C=O) groups is 3. The van der Waals surface area contributed by atoms with E-state index in [9.17, 15) is 14.4 Å². The van der Waals surface area contributed by atoms with Crippen molar-refractivity contribution < 1.29 is 19.1 Å². The number of esters is 1. The van der Waals surface area contributed by atoms with Crippen molar-refractivity contribution in [1.29, 1.82) is 0 Å². The summed E-state index contributed by atoms with van der Waals surface area (Å²) in [6, 6.07) is 23.8. The topological polar surface area (TPSA) is 84.5 Å². The van der Waals surface area contributed by atoms with E-state index < -0.39 is 0 Å². The van der Waals surface area contributed by atoms with E-state index in [1.165, 1.54) is 6.92 Å². The van der Waals surface area contributed by atoms with Crippen LogP contribution in [0.1, 0.15) is 32.6 Å². The summed E-state index contributed by atoms with van der Waals surface area (Å²) < 4.78 is 5.25. The van der Waals surface area contributed by atoms with E-state index in [1.54, 1.807) is 0 Å². The minimum Gasteiger partial charge on any atom is -0.462 e. The van der Waals surface area contributed by atoms with Crippen LogP contribution in [0.3, 0.4) is 0 Å². The molecule has 0 aliphatic carbocycles. The summed E-state index contributed by atoms with van der Waals surface area (Å²) in [5.41, 5.74) is 3.06. The van der Waals surface area contributed by atoms with Gasteiger partial charge in [0, 0.05) is 42.3 Å². The number of amides is 2. The molecule has 1 aliphatic heterocycles. The second-order valence-electron chi connectivity index (χ2n) is 8.84. The normalized spacial score (nSPS) is 15.2. The molecule has 1 saturated heterocycles. The van der Waals surface area contributed by atoms with Crippen LogP contribution in [0, 0.1) is 0 Å². The van der Waals surface area contributed by atoms with E-state index in [4.69, 9.17) is 4.74 Å². The molecule has 5 rings (SSSR count). The molecule has 1 atom stereocenters. The Balaban J connectivity index is 1.61. The minimum absolute atomic E-state index is 0.147. The fourth-order valence-electron chi connectivity index (χ4n) is 4.77. The first kappa shape index (κ1) is 22.6. The van der Waals surface area contributed by atoms with Crippen molar-refractivity contribution >= 4 is 50.7 Å². The number of cyclic esters (lactones) is 1. The molecule has 0 bridgehead atoms. The Morgan fingerprint density at radius 3 is 1.94 bits per heavy atom. The van der Waals surface area contributed by atoms with Crippen molar-refractivity contribution in [2.45, 2.75) is 38.7 Å². The molecule has 1 heterocycles. The monoisotopic (exact) mass is 466 g/mol. The zero-order chi connectivity index (χ0) is 24.4. The zero-order valence-corrected chi connectivity index (χ0v) is 19.5. The molecular weight excluding hydrogens is 440 g/mol. The largest absolute Gasteiger partial charge is 0.462 e. The van der Waals surface area contributed by atoms with Gasteiger partial charge in [0.15, 0.2) is 0 Å². The molecule has 1 fully saturated rings. The van der Waals surface area contributed by atoms with Gasteiger partial charge >= 0.3 is 5.97 Å². The lowest BCUT2D eigenvalue weighted by molar-refractivity contribution is -0.142. The van der Waals surface area contributed by atoms with Crippen LogP contribution in [0.5, 0.6) is 0 Å². The highest BCUT2D eigenvalue weighted by Crippen LogP contribution is 2.43. The van der Waals surface area contributed by atoms with Gasteiger partial charge in [-0.15, -0.1) is 0 Å². The molecular formula is C29H26N2O4. The highest BCUT2D eigenvalue weighted by molar-refractivity contribution is 6.16. The Bertz CT molecular complexity index is 1460. The van der Waals surface area contributed by atoms with Gasteiger partial charge in [-0.2, -0.15) is 0 Å². The number of fused-ring (bicyclic) bond motifs is 2. The zero-order valence-electron chi connectivity index (χ0n) is 19.5. The average molecular weight is 467 g/mol. The number of nitrogens with one attached hydrogen (secondary N) is 2. The van der Waals surface area contributed by atoms with Crippen molar-refractivity contribution in [3.05, 3.63) is 72.8 Å². The lowest BCUT2D eigenvalue weighted by Crippen LogP contribution is -2.16. The summed E-state index contributed by atoms with van der Waals surface area (Å²) >= 11 is 0. The predicted octanol–water partition coefficient (Wildman–Crippen LogP) is 6.04. The van der Waals surface area contributed by atoms with Crippen molar-refractivity contribution in [3.63, 3.8) is 0 Å². The highest BCUT2D eigenvalue weighted by atomic mass is 16.5. The molecule has 6 nitrogen and oxygen atoms in total. The maximum absolute atomic E-state index is 13.0. The van der Waals surface area contributed by atoms with Crippen LogP contribution in [-0.4, -0.2) is 23.9 Å². The smallest absolute Gasteiger partial charge is 0.306 e. The van der Waals surface area contributed by atoms with Crippen LogP contribution >= 0.6 is 0 Å². The maximum atomic E-state index is 13.0. The minimum atomic E-state index is -0.200. The molecule has 6 heteroatoms. The average Bonchev–Trinajstić information content (AvgIpc) is 3.28. The fourth-order valence-corrected chi connectivity index (χ4v) is 4.77. The number of carbonyl (C=O) groups excluding carboxylic acids is 3. The number of rotatable bonds is 6. The number of hydrogen-bond acceptors (Lipinski definition) is 4. The lowest BCUT2D eigenvalue weighted by atomic mass is 9.91. The SMILES string of the molecule is CC(=O)Nc1ccc2ccccc2c1-c1c(NC(=O)CC[C@@H]2CCC(=O)O2)ccc2ccccc12. The second kappa shape index (κ2) is 9.58. The van der Waals surface area contributed by atoms with Gasteiger partial charge < -0.3 is 15.4 Å². The van der Waals surface area contributed by atoms with Crippen LogP contribution in [0.2, 0.25) is 0 Å². The number of benzene rings is 4. The van der Waals surface area contributed by atoms with E-state index in [-0.39, 0.29) is 30.3 Å². The molecule has 0 radical (unpaired) electrons. The Morgan fingerprint density at radius 1 is 0.829 bits per heavy atom. The van der Waals surface area contributed by atoms with Crippen molar-refractivity contribution in [2.24, 2.45) is 0 Å². The van der Waals surface area contributed by atoms with E-state index in [1.807, 2.05) is 72.8 Å². The standard InChI is InChI=1S/C29H26N2O4/c1-18(32)30-24-14-10-19-6-2-4-8-22(19)28(24)29-23-9-5-3-7-20(23)11-15-25(29)31-26(33)16-12-21-13-17-27(34)35-21/h2-11,14-15,21H,12-13,16-17H2,1H3,(H,30,32)(H,31,33)/t21-/m1/s1. The molecule has 4 aromatic rings. The summed E-state index contributed by atoms with van der Waals surface area (Å²) in [6.07, 6.45) is 1.61. The first-order valence-electron chi connectivity index (χ1n) is 11.8. The van der Waals surface area contributed by atoms with Crippen LogP contribution < -0.4 is 10.6 Å². The van der Waals surface area contributed by atoms with E-state index in [2.05, 4.69) is 10.6 Å². The van der Waals surface area contributed by atoms with Crippen molar-refractivity contribution in [2.75, 3.05) is 10.6 Å². The Hall–Kier alpha value is -4.19. The molecule has 4 aromatic carbocycles. The first-order chi connectivity index (χ1) is 17.0. The van der Waals surface area contributed by atoms with Crippen LogP contribution in [0.25, 0.3) is 32.7 Å². The molecule has 2 amide bonds. The van der Waals surface area contributed by atoms with Gasteiger partial charge in [0.2, 0.25) is 11.8 Å². The molecule has 0 unspecified atom stereocenters. The van der Waals surface area contributed by atoms with Gasteiger partial charge in [-0.25, -0.2) is 0 Å². The van der Waals surface area contributed by atoms with Gasteiger partial charge in [-0.1, -0.05) is 60.7 Å². The summed E-state index contributed by atoms with van der Waals surface area (Å²) in [5.74, 6) is -0.516. The fraction of sp³-hybridized carbons (Fsp3) is 0.207. The maximum Gasteiger partial charge on any atom is 0.306 e. The molecule has 2 N–H and O–H groups in total. The summed E-state index contributed by atoms with van der Waals surface area (Å²) in [7, 11) is 0. The van der Waals surface area contributed by atoms with Crippen LogP contribution in [0.15, 0.2) is 72.8 Å². The summed E-state index contributed by atoms with van der Waals surface area (Å²) in [6.45, 7) is 1.49. The first-order valence-corrected chi connectivity index (χ1v) is 11.8. The Morgan fingerprint density at radius 2 is 1.40 bits per heavy atom. The van der Waals surface area contributed by atoms with Crippen molar-refractivity contribution in [3.8, 4) is 11.1 Å². The molecule has 0 spiro atoms. The molecule has 0 saturated carbocycles. The van der Waals surface area contributed by atoms with Gasteiger partial charge in [0.05, 0.1) is 0 Å². The third kappa shape index (κ3) is 4.73. The molecule has 176 valence electrons. The third-order valence-corrected chi connectivity index (χ3v) is 6.35. The van der Waals surface area contributed by atoms with Crippen molar-refractivity contribution in [1.82, 2.24) is 0 Å². The Labute approximate surface area is 203 Å². The number of ether oxygens (including phenoxy) is 1. The predicted molar refractivity (Wildman–Crippen MR) is 138 cm³/mol. The number of anilines is 2. The van der Waals surface area contributed by atoms with Crippen LogP contribution in [0.4, 0.5) is 11.4 Å². The van der Waals surface area contributed by atoms with Gasteiger partial charge in [-0.3, -0.25) is 14.4 Å². The molecule has 1 aliphatic rings. The molecule has 35 heavy (non-hydrogen) atoms. The lowest BCUT2D eigenvalue weighted by Gasteiger charge is -2.20. The molecule has 0 aromatic heterocycles. The van der Waals surface area contributed by atoms with Gasteiger partial charge in [0.1, 0.15) is 6.10 Å². The quantitative estimate of drug-likeness (QED) is 0.339. The van der Waals surface area contributed by atoms with E-state index in [0.29, 0.717) is 30.6 Å².